The van der Waals surface area contributed by atoms with Gasteiger partial charge in [0, 0.05) is 48.7 Å². The summed E-state index contributed by atoms with van der Waals surface area (Å²) in [6, 6.07) is 10.4. The van der Waals surface area contributed by atoms with Gasteiger partial charge in [-0.1, -0.05) is 6.07 Å². The second-order valence-electron chi connectivity index (χ2n) is 8.20. The molecule has 0 aliphatic carbocycles. The molecular weight excluding hydrogens is 407 g/mol. The van der Waals surface area contributed by atoms with Crippen molar-refractivity contribution < 1.29 is 4.39 Å². The van der Waals surface area contributed by atoms with Gasteiger partial charge in [0.2, 0.25) is 0 Å². The Morgan fingerprint density at radius 2 is 1.97 bits per heavy atom. The summed E-state index contributed by atoms with van der Waals surface area (Å²) in [5.41, 5.74) is 2.78. The molecule has 2 N–H and O–H groups in total. The lowest BCUT2D eigenvalue weighted by atomic mass is 10.1. The van der Waals surface area contributed by atoms with Gasteiger partial charge in [0.25, 0.3) is 0 Å². The van der Waals surface area contributed by atoms with Crippen molar-refractivity contribution in [2.45, 2.75) is 32.5 Å². The summed E-state index contributed by atoms with van der Waals surface area (Å²) in [5.74, 6) is 1.21. The number of fused-ring (bicyclic) bond motifs is 1. The fraction of sp³-hybridized carbons (Fsp3) is 0.304. The first-order valence-electron chi connectivity index (χ1n) is 10.7. The summed E-state index contributed by atoms with van der Waals surface area (Å²) in [7, 11) is 0. The molecule has 1 aliphatic heterocycles. The van der Waals surface area contributed by atoms with Crippen LogP contribution in [0.4, 0.5) is 16.0 Å². The van der Waals surface area contributed by atoms with Crippen molar-refractivity contribution in [2.75, 3.05) is 23.3 Å². The van der Waals surface area contributed by atoms with Crippen molar-refractivity contribution in [3.05, 3.63) is 66.8 Å². The van der Waals surface area contributed by atoms with E-state index >= 15 is 0 Å². The molecule has 4 aromatic heterocycles. The molecular formula is C23H25FN8. The minimum Gasteiger partial charge on any atom is -0.363 e. The molecule has 5 rings (SSSR count). The molecule has 0 unspecified atom stereocenters. The van der Waals surface area contributed by atoms with Gasteiger partial charge >= 0.3 is 0 Å². The number of piperazine rings is 1. The van der Waals surface area contributed by atoms with Crippen LogP contribution < -0.4 is 15.5 Å². The van der Waals surface area contributed by atoms with Gasteiger partial charge in [-0.05, 0) is 38.1 Å². The van der Waals surface area contributed by atoms with Gasteiger partial charge < -0.3 is 15.5 Å². The molecule has 164 valence electrons. The van der Waals surface area contributed by atoms with E-state index in [1.807, 2.05) is 18.2 Å². The number of rotatable bonds is 5. The third-order valence-electron chi connectivity index (χ3n) is 5.63. The molecule has 1 saturated heterocycles. The van der Waals surface area contributed by atoms with E-state index in [1.54, 1.807) is 23.0 Å². The maximum Gasteiger partial charge on any atom is 0.154 e. The van der Waals surface area contributed by atoms with Crippen LogP contribution in [0.25, 0.3) is 16.6 Å². The van der Waals surface area contributed by atoms with E-state index in [-0.39, 0.29) is 5.82 Å². The average Bonchev–Trinajstić information content (AvgIpc) is 3.22. The van der Waals surface area contributed by atoms with E-state index in [1.165, 1.54) is 12.5 Å². The highest BCUT2D eigenvalue weighted by molar-refractivity contribution is 5.88. The largest absolute Gasteiger partial charge is 0.363 e. The van der Waals surface area contributed by atoms with E-state index in [0.29, 0.717) is 41.1 Å². The first kappa shape index (κ1) is 20.3. The van der Waals surface area contributed by atoms with Crippen molar-refractivity contribution in [3.8, 4) is 11.1 Å². The molecule has 9 heteroatoms. The van der Waals surface area contributed by atoms with Gasteiger partial charge in [0.05, 0.1) is 18.4 Å². The molecule has 0 spiro atoms. The molecule has 4 aromatic rings. The monoisotopic (exact) mass is 432 g/mol. The maximum atomic E-state index is 14.4. The SMILES string of the molecule is C[C@@H]1CN(c2cccc(CNc3ncnn4ccc(-c5ccncc5F)c34)n2)C[C@H](C)N1. The standard InChI is InChI=1S/C23H25FN8/c1-15-12-31(13-16(2)29-15)21-5-3-4-17(30-21)10-26-23-22-19(7-9-32(22)28-14-27-23)18-6-8-25-11-20(18)24/h3-9,11,14-16,29H,10,12-13H2,1-2H3,(H,26,27,28)/t15-,16+. The first-order chi connectivity index (χ1) is 15.6. The van der Waals surface area contributed by atoms with E-state index in [2.05, 4.69) is 50.5 Å². The van der Waals surface area contributed by atoms with Gasteiger partial charge in [0.1, 0.15) is 23.5 Å². The summed E-state index contributed by atoms with van der Waals surface area (Å²) in [6.07, 6.45) is 6.06. The number of nitrogens with zero attached hydrogens (tertiary/aromatic N) is 6. The Kier molecular flexibility index (Phi) is 5.40. The van der Waals surface area contributed by atoms with E-state index < -0.39 is 0 Å². The number of pyridine rings is 2. The molecule has 2 atom stereocenters. The van der Waals surface area contributed by atoms with Crippen molar-refractivity contribution in [2.24, 2.45) is 0 Å². The summed E-state index contributed by atoms with van der Waals surface area (Å²) >= 11 is 0. The van der Waals surface area contributed by atoms with E-state index in [9.17, 15) is 4.39 Å². The second kappa shape index (κ2) is 8.51. The van der Waals surface area contributed by atoms with Crippen LogP contribution in [0.3, 0.4) is 0 Å². The predicted molar refractivity (Wildman–Crippen MR) is 122 cm³/mol. The van der Waals surface area contributed by atoms with E-state index in [4.69, 9.17) is 4.98 Å². The Hall–Kier alpha value is -3.59. The number of nitrogens with one attached hydrogen (secondary N) is 2. The third kappa shape index (κ3) is 3.99. The summed E-state index contributed by atoms with van der Waals surface area (Å²) < 4.78 is 16.1. The molecule has 0 bridgehead atoms. The summed E-state index contributed by atoms with van der Waals surface area (Å²) in [4.78, 5) is 15.4. The zero-order chi connectivity index (χ0) is 22.1. The number of hydrogen-bond acceptors (Lipinski definition) is 7. The molecule has 1 fully saturated rings. The quantitative estimate of drug-likeness (QED) is 0.501. The number of aromatic nitrogens is 5. The van der Waals surface area contributed by atoms with Crippen LogP contribution >= 0.6 is 0 Å². The normalized spacial score (nSPS) is 18.8. The van der Waals surface area contributed by atoms with Crippen LogP contribution in [0.5, 0.6) is 0 Å². The minimum absolute atomic E-state index is 0.385. The van der Waals surface area contributed by atoms with Gasteiger partial charge in [-0.25, -0.2) is 18.9 Å². The molecule has 0 aromatic carbocycles. The number of anilines is 2. The predicted octanol–water partition coefficient (Wildman–Crippen LogP) is 3.12. The Morgan fingerprint density at radius 1 is 1.12 bits per heavy atom. The zero-order valence-electron chi connectivity index (χ0n) is 18.0. The lowest BCUT2D eigenvalue weighted by molar-refractivity contribution is 0.405. The Bertz CT molecular complexity index is 1230. The number of halogens is 1. The van der Waals surface area contributed by atoms with Crippen molar-refractivity contribution in [1.29, 1.82) is 0 Å². The molecule has 0 radical (unpaired) electrons. The zero-order valence-corrected chi connectivity index (χ0v) is 18.0. The number of hydrogen-bond donors (Lipinski definition) is 2. The van der Waals surface area contributed by atoms with Crippen LogP contribution in [-0.2, 0) is 6.54 Å². The van der Waals surface area contributed by atoms with Crippen LogP contribution in [-0.4, -0.2) is 49.7 Å². The molecule has 32 heavy (non-hydrogen) atoms. The van der Waals surface area contributed by atoms with E-state index in [0.717, 1.165) is 24.6 Å². The fourth-order valence-corrected chi connectivity index (χ4v) is 4.32. The first-order valence-corrected chi connectivity index (χ1v) is 10.7. The van der Waals surface area contributed by atoms with Crippen molar-refractivity contribution >= 4 is 17.2 Å². The van der Waals surface area contributed by atoms with Gasteiger partial charge in [-0.2, -0.15) is 5.10 Å². The minimum atomic E-state index is -0.385. The molecule has 8 nitrogen and oxygen atoms in total. The Labute approximate surface area is 185 Å². The lowest BCUT2D eigenvalue weighted by Gasteiger charge is -2.37. The topological polar surface area (TPSA) is 83.3 Å². The van der Waals surface area contributed by atoms with Crippen molar-refractivity contribution in [1.82, 2.24) is 29.9 Å². The smallest absolute Gasteiger partial charge is 0.154 e. The fourth-order valence-electron chi connectivity index (χ4n) is 4.32. The maximum absolute atomic E-state index is 14.4. The highest BCUT2D eigenvalue weighted by Gasteiger charge is 2.22. The summed E-state index contributed by atoms with van der Waals surface area (Å²) in [6.45, 7) is 6.71. The lowest BCUT2D eigenvalue weighted by Crippen LogP contribution is -2.54. The Balaban J connectivity index is 1.41. The third-order valence-corrected chi connectivity index (χ3v) is 5.63. The summed E-state index contributed by atoms with van der Waals surface area (Å²) in [5, 5.41) is 11.2. The van der Waals surface area contributed by atoms with Gasteiger partial charge in [-0.15, -0.1) is 0 Å². The van der Waals surface area contributed by atoms with Gasteiger partial charge in [0.15, 0.2) is 5.82 Å². The highest BCUT2D eigenvalue weighted by Crippen LogP contribution is 2.30. The molecule has 5 heterocycles. The van der Waals surface area contributed by atoms with Crippen molar-refractivity contribution in [3.63, 3.8) is 0 Å². The second-order valence-corrected chi connectivity index (χ2v) is 8.20. The molecule has 0 amide bonds. The Morgan fingerprint density at radius 3 is 2.78 bits per heavy atom. The molecule has 1 aliphatic rings. The average molecular weight is 433 g/mol. The van der Waals surface area contributed by atoms with Crippen LogP contribution in [0.2, 0.25) is 0 Å². The highest BCUT2D eigenvalue weighted by atomic mass is 19.1. The van der Waals surface area contributed by atoms with Crippen LogP contribution in [0.1, 0.15) is 19.5 Å². The van der Waals surface area contributed by atoms with Gasteiger partial charge in [-0.3, -0.25) is 4.98 Å². The van der Waals surface area contributed by atoms with Crippen LogP contribution in [0, 0.1) is 5.82 Å². The molecule has 0 saturated carbocycles. The van der Waals surface area contributed by atoms with Crippen LogP contribution in [0.15, 0.2) is 55.2 Å².